The first kappa shape index (κ1) is 10.4. The number of hydrogen-bond acceptors (Lipinski definition) is 4. The highest BCUT2D eigenvalue weighted by Crippen LogP contribution is 2.22. The summed E-state index contributed by atoms with van der Waals surface area (Å²) in [6, 6.07) is 3.17. The lowest BCUT2D eigenvalue weighted by molar-refractivity contribution is 0.475. The third-order valence-corrected chi connectivity index (χ3v) is 4.32. The van der Waals surface area contributed by atoms with Gasteiger partial charge < -0.3 is 5.73 Å². The van der Waals surface area contributed by atoms with E-state index in [-0.39, 0.29) is 10.7 Å². The number of hydrogen-bond donors (Lipinski definition) is 1. The molecule has 82 valence electrons. The summed E-state index contributed by atoms with van der Waals surface area (Å²) < 4.78 is 25.5. The minimum Gasteiger partial charge on any atom is -0.396 e. The number of nitrogen functional groups attached to an aromatic ring is 1. The molecule has 0 bridgehead atoms. The van der Waals surface area contributed by atoms with E-state index in [9.17, 15) is 8.42 Å². The Morgan fingerprint density at radius 1 is 1.33 bits per heavy atom. The van der Waals surface area contributed by atoms with E-state index in [4.69, 9.17) is 5.73 Å². The van der Waals surface area contributed by atoms with E-state index >= 15 is 0 Å². The van der Waals surface area contributed by atoms with Gasteiger partial charge in [-0.15, -0.1) is 0 Å². The monoisotopic (exact) mass is 227 g/mol. The van der Waals surface area contributed by atoms with Crippen molar-refractivity contribution in [3.8, 4) is 0 Å². The maximum atomic E-state index is 12.0. The van der Waals surface area contributed by atoms with Crippen molar-refractivity contribution in [3.05, 3.63) is 18.3 Å². The second kappa shape index (κ2) is 3.79. The van der Waals surface area contributed by atoms with Crippen molar-refractivity contribution in [1.82, 2.24) is 9.29 Å². The molecule has 0 atom stereocenters. The molecule has 0 amide bonds. The molecular weight excluding hydrogens is 214 g/mol. The molecule has 1 aromatic heterocycles. The fourth-order valence-electron chi connectivity index (χ4n) is 1.67. The van der Waals surface area contributed by atoms with Gasteiger partial charge in [0.2, 0.25) is 0 Å². The molecule has 0 radical (unpaired) electrons. The average Bonchev–Trinajstić information content (AvgIpc) is 2.71. The molecule has 15 heavy (non-hydrogen) atoms. The Morgan fingerprint density at radius 2 is 2.00 bits per heavy atom. The maximum Gasteiger partial charge on any atom is 0.262 e. The van der Waals surface area contributed by atoms with Gasteiger partial charge in [0.1, 0.15) is 0 Å². The van der Waals surface area contributed by atoms with Crippen LogP contribution in [0.5, 0.6) is 0 Å². The van der Waals surface area contributed by atoms with Gasteiger partial charge in [0.25, 0.3) is 10.0 Å². The molecule has 1 saturated heterocycles. The van der Waals surface area contributed by atoms with Crippen molar-refractivity contribution >= 4 is 15.7 Å². The minimum atomic E-state index is -3.47. The quantitative estimate of drug-likeness (QED) is 0.795. The number of pyridine rings is 1. The van der Waals surface area contributed by atoms with E-state index in [1.807, 2.05) is 0 Å². The molecular formula is C9H13N3O2S. The molecule has 0 aliphatic carbocycles. The molecule has 0 saturated carbocycles. The summed E-state index contributed by atoms with van der Waals surface area (Å²) in [5.74, 6) is 0. The molecule has 1 aliphatic heterocycles. The molecule has 1 fully saturated rings. The van der Waals surface area contributed by atoms with E-state index in [1.54, 1.807) is 12.1 Å². The van der Waals surface area contributed by atoms with Gasteiger partial charge in [-0.05, 0) is 25.0 Å². The van der Waals surface area contributed by atoms with Gasteiger partial charge in [0.05, 0.1) is 5.69 Å². The first-order valence-corrected chi connectivity index (χ1v) is 6.27. The summed E-state index contributed by atoms with van der Waals surface area (Å²) in [5.41, 5.74) is 5.82. The first-order valence-electron chi connectivity index (χ1n) is 4.83. The van der Waals surface area contributed by atoms with Crippen LogP contribution in [0.15, 0.2) is 23.4 Å². The van der Waals surface area contributed by atoms with Gasteiger partial charge in [0.15, 0.2) is 5.03 Å². The number of aromatic nitrogens is 1. The van der Waals surface area contributed by atoms with E-state index in [0.717, 1.165) is 12.8 Å². The molecule has 0 aromatic carbocycles. The number of nitrogens with zero attached hydrogens (tertiary/aromatic N) is 2. The first-order chi connectivity index (χ1) is 7.12. The highest BCUT2D eigenvalue weighted by Gasteiger charge is 2.29. The van der Waals surface area contributed by atoms with Gasteiger partial charge in [-0.1, -0.05) is 0 Å². The van der Waals surface area contributed by atoms with Crippen molar-refractivity contribution in [2.75, 3.05) is 18.8 Å². The topological polar surface area (TPSA) is 76.3 Å². The Hall–Kier alpha value is -1.14. The van der Waals surface area contributed by atoms with Crippen molar-refractivity contribution < 1.29 is 8.42 Å². The van der Waals surface area contributed by atoms with Crippen molar-refractivity contribution in [2.24, 2.45) is 0 Å². The Bertz CT molecular complexity index is 452. The molecule has 2 N–H and O–H groups in total. The smallest absolute Gasteiger partial charge is 0.262 e. The third kappa shape index (κ3) is 1.82. The van der Waals surface area contributed by atoms with Crippen LogP contribution in [0.25, 0.3) is 0 Å². The lowest BCUT2D eigenvalue weighted by Crippen LogP contribution is -2.29. The van der Waals surface area contributed by atoms with Crippen LogP contribution in [-0.2, 0) is 10.0 Å². The number of nitrogens with two attached hydrogens (primary N) is 1. The van der Waals surface area contributed by atoms with Gasteiger partial charge in [-0.2, -0.15) is 4.31 Å². The fraction of sp³-hybridized carbons (Fsp3) is 0.444. The largest absolute Gasteiger partial charge is 0.396 e. The van der Waals surface area contributed by atoms with Crippen LogP contribution in [0.1, 0.15) is 12.8 Å². The Kier molecular flexibility index (Phi) is 2.62. The van der Waals surface area contributed by atoms with Crippen LogP contribution in [0.3, 0.4) is 0 Å². The lowest BCUT2D eigenvalue weighted by Gasteiger charge is -2.15. The molecule has 1 aliphatic rings. The zero-order valence-electron chi connectivity index (χ0n) is 8.26. The zero-order valence-corrected chi connectivity index (χ0v) is 9.07. The molecule has 0 spiro atoms. The van der Waals surface area contributed by atoms with Crippen LogP contribution in [0, 0.1) is 0 Å². The Labute approximate surface area is 89.0 Å². The van der Waals surface area contributed by atoms with Crippen LogP contribution < -0.4 is 5.73 Å². The zero-order chi connectivity index (χ0) is 10.9. The summed E-state index contributed by atoms with van der Waals surface area (Å²) >= 11 is 0. The Morgan fingerprint density at radius 3 is 2.60 bits per heavy atom. The van der Waals surface area contributed by atoms with E-state index in [1.165, 1.54) is 10.5 Å². The van der Waals surface area contributed by atoms with Crippen LogP contribution in [0.4, 0.5) is 5.69 Å². The van der Waals surface area contributed by atoms with Gasteiger partial charge in [-0.25, -0.2) is 13.4 Å². The maximum absolute atomic E-state index is 12.0. The normalized spacial score (nSPS) is 18.1. The van der Waals surface area contributed by atoms with Gasteiger partial charge in [-0.3, -0.25) is 0 Å². The fourth-order valence-corrected chi connectivity index (χ4v) is 3.21. The van der Waals surface area contributed by atoms with Crippen molar-refractivity contribution in [2.45, 2.75) is 17.9 Å². The van der Waals surface area contributed by atoms with Crippen LogP contribution >= 0.6 is 0 Å². The second-order valence-electron chi connectivity index (χ2n) is 3.51. The van der Waals surface area contributed by atoms with Crippen molar-refractivity contribution in [1.29, 1.82) is 0 Å². The van der Waals surface area contributed by atoms with Crippen molar-refractivity contribution in [3.63, 3.8) is 0 Å². The van der Waals surface area contributed by atoms with Crippen LogP contribution in [0.2, 0.25) is 0 Å². The Balaban J connectivity index is 2.41. The number of sulfonamides is 1. The van der Waals surface area contributed by atoms with Gasteiger partial charge in [0, 0.05) is 19.3 Å². The molecule has 2 heterocycles. The average molecular weight is 227 g/mol. The minimum absolute atomic E-state index is 0.0214. The summed E-state index contributed by atoms with van der Waals surface area (Å²) in [7, 11) is -3.47. The highest BCUT2D eigenvalue weighted by atomic mass is 32.2. The standard InChI is InChI=1S/C9H13N3O2S/c10-8-4-3-5-11-9(8)15(13,14)12-6-1-2-7-12/h3-5H,1-2,6-7,10H2. The number of anilines is 1. The highest BCUT2D eigenvalue weighted by molar-refractivity contribution is 7.89. The van der Waals surface area contributed by atoms with E-state index in [0.29, 0.717) is 13.1 Å². The summed E-state index contributed by atoms with van der Waals surface area (Å²) in [4.78, 5) is 3.84. The SMILES string of the molecule is Nc1cccnc1S(=O)(=O)N1CCCC1. The molecule has 2 rings (SSSR count). The summed E-state index contributed by atoms with van der Waals surface area (Å²) in [6.07, 6.45) is 3.26. The number of rotatable bonds is 2. The molecule has 1 aromatic rings. The summed E-state index contributed by atoms with van der Waals surface area (Å²) in [6.45, 7) is 1.14. The third-order valence-electron chi connectivity index (χ3n) is 2.45. The van der Waals surface area contributed by atoms with Gasteiger partial charge >= 0.3 is 0 Å². The molecule has 5 nitrogen and oxygen atoms in total. The summed E-state index contributed by atoms with van der Waals surface area (Å²) in [5, 5.41) is -0.0214. The van der Waals surface area contributed by atoms with E-state index < -0.39 is 10.0 Å². The molecule has 6 heteroatoms. The second-order valence-corrected chi connectivity index (χ2v) is 5.36. The predicted molar refractivity (Wildman–Crippen MR) is 56.6 cm³/mol. The molecule has 0 unspecified atom stereocenters. The van der Waals surface area contributed by atoms with Crippen LogP contribution in [-0.4, -0.2) is 30.8 Å². The lowest BCUT2D eigenvalue weighted by atomic mass is 10.4. The predicted octanol–water partition coefficient (Wildman–Crippen LogP) is 0.448. The van der Waals surface area contributed by atoms with E-state index in [2.05, 4.69) is 4.98 Å².